The maximum absolute atomic E-state index is 11.5. The van der Waals surface area contributed by atoms with Gasteiger partial charge in [0.1, 0.15) is 18.8 Å². The monoisotopic (exact) mass is 302 g/mol. The second-order valence-electron chi connectivity index (χ2n) is 4.65. The molecule has 21 heavy (non-hydrogen) atoms. The van der Waals surface area contributed by atoms with Crippen molar-refractivity contribution in [3.05, 3.63) is 12.7 Å². The van der Waals surface area contributed by atoms with Gasteiger partial charge < -0.3 is 24.8 Å². The Morgan fingerprint density at radius 1 is 1.24 bits per heavy atom. The lowest BCUT2D eigenvalue weighted by Crippen LogP contribution is -2.42. The van der Waals surface area contributed by atoms with Gasteiger partial charge in [0.2, 0.25) is 0 Å². The fourth-order valence-electron chi connectivity index (χ4n) is 1.31. The van der Waals surface area contributed by atoms with E-state index in [2.05, 4.69) is 21.9 Å². The van der Waals surface area contributed by atoms with Crippen molar-refractivity contribution < 1.29 is 28.6 Å². The number of methoxy groups -OCH3 is 1. The lowest BCUT2D eigenvalue weighted by molar-refractivity contribution is -0.159. The van der Waals surface area contributed by atoms with E-state index in [0.29, 0.717) is 0 Å². The van der Waals surface area contributed by atoms with Gasteiger partial charge in [-0.2, -0.15) is 0 Å². The minimum atomic E-state index is -0.761. The second-order valence-corrected chi connectivity index (χ2v) is 4.65. The zero-order chi connectivity index (χ0) is 16.3. The van der Waals surface area contributed by atoms with Gasteiger partial charge >= 0.3 is 18.0 Å². The van der Waals surface area contributed by atoms with Gasteiger partial charge in [-0.05, 0) is 13.8 Å². The molecule has 0 saturated heterocycles. The molecule has 0 fully saturated rings. The highest BCUT2D eigenvalue weighted by atomic mass is 16.6. The molecule has 0 saturated carbocycles. The first-order valence-corrected chi connectivity index (χ1v) is 6.32. The average Bonchev–Trinajstić information content (AvgIpc) is 2.40. The molecule has 0 spiro atoms. The first-order valence-electron chi connectivity index (χ1n) is 6.32. The van der Waals surface area contributed by atoms with Crippen molar-refractivity contribution in [3.8, 4) is 0 Å². The number of amides is 2. The van der Waals surface area contributed by atoms with Crippen molar-refractivity contribution >= 4 is 18.0 Å². The molecule has 0 aromatic carbocycles. The zero-order valence-corrected chi connectivity index (χ0v) is 12.6. The van der Waals surface area contributed by atoms with Crippen LogP contribution in [-0.2, 0) is 23.8 Å². The molecule has 8 nitrogen and oxygen atoms in total. The molecule has 0 heterocycles. The quantitative estimate of drug-likeness (QED) is 0.352. The third-order valence-electron chi connectivity index (χ3n) is 2.07. The highest BCUT2D eigenvalue weighted by molar-refractivity contribution is 5.81. The number of hydrogen-bond donors (Lipinski definition) is 2. The van der Waals surface area contributed by atoms with Crippen molar-refractivity contribution in [2.75, 3.05) is 33.4 Å². The standard InChI is InChI=1S/C13H22N2O6/c1-5-10(16)20-7-6-14-12(18)15-8-11(17)21-13(2,3)9-19-4/h5H,1,6-9H2,2-4H3,(H2,14,15,18). The largest absolute Gasteiger partial charge is 0.461 e. The van der Waals surface area contributed by atoms with Crippen LogP contribution >= 0.6 is 0 Å². The summed E-state index contributed by atoms with van der Waals surface area (Å²) in [4.78, 5) is 33.6. The summed E-state index contributed by atoms with van der Waals surface area (Å²) in [5.41, 5.74) is -0.761. The molecular formula is C13H22N2O6. The Morgan fingerprint density at radius 2 is 1.90 bits per heavy atom. The molecule has 0 bridgehead atoms. The van der Waals surface area contributed by atoms with Crippen LogP contribution in [-0.4, -0.2) is 57.0 Å². The highest BCUT2D eigenvalue weighted by Gasteiger charge is 2.22. The van der Waals surface area contributed by atoms with Crippen LogP contribution in [0.1, 0.15) is 13.8 Å². The van der Waals surface area contributed by atoms with E-state index in [9.17, 15) is 14.4 Å². The minimum Gasteiger partial charge on any atom is -0.461 e. The van der Waals surface area contributed by atoms with Crippen LogP contribution in [0.2, 0.25) is 0 Å². The molecular weight excluding hydrogens is 280 g/mol. The Balaban J connectivity index is 3.80. The van der Waals surface area contributed by atoms with Crippen LogP contribution < -0.4 is 10.6 Å². The summed E-state index contributed by atoms with van der Waals surface area (Å²) in [5, 5.41) is 4.73. The number of esters is 2. The lowest BCUT2D eigenvalue weighted by atomic mass is 10.1. The second kappa shape index (κ2) is 9.76. The summed E-state index contributed by atoms with van der Waals surface area (Å²) < 4.78 is 14.7. The van der Waals surface area contributed by atoms with Gasteiger partial charge in [0.05, 0.1) is 13.2 Å². The Morgan fingerprint density at radius 3 is 2.48 bits per heavy atom. The average molecular weight is 302 g/mol. The fraction of sp³-hybridized carbons (Fsp3) is 0.615. The number of nitrogens with one attached hydrogen (secondary N) is 2. The van der Waals surface area contributed by atoms with E-state index in [1.165, 1.54) is 7.11 Å². The van der Waals surface area contributed by atoms with Gasteiger partial charge in [-0.25, -0.2) is 9.59 Å². The summed E-state index contributed by atoms with van der Waals surface area (Å²) >= 11 is 0. The minimum absolute atomic E-state index is 0.0175. The predicted octanol–water partition coefficient (Wildman–Crippen LogP) is -0.0170. The maximum Gasteiger partial charge on any atom is 0.330 e. The third kappa shape index (κ3) is 10.4. The maximum atomic E-state index is 11.5. The Labute approximate surface area is 123 Å². The van der Waals surface area contributed by atoms with E-state index in [4.69, 9.17) is 9.47 Å². The number of rotatable bonds is 9. The molecule has 0 aliphatic heterocycles. The fourth-order valence-corrected chi connectivity index (χ4v) is 1.31. The summed E-state index contributed by atoms with van der Waals surface area (Å²) in [6, 6.07) is -0.564. The number of hydrogen-bond acceptors (Lipinski definition) is 6. The third-order valence-corrected chi connectivity index (χ3v) is 2.07. The SMILES string of the molecule is C=CC(=O)OCCNC(=O)NCC(=O)OC(C)(C)COC. The van der Waals surface area contributed by atoms with E-state index in [0.717, 1.165) is 6.08 Å². The summed E-state index contributed by atoms with van der Waals surface area (Å²) in [5.74, 6) is -1.15. The van der Waals surface area contributed by atoms with Crippen molar-refractivity contribution in [3.63, 3.8) is 0 Å². The molecule has 0 radical (unpaired) electrons. The molecule has 0 unspecified atom stereocenters. The van der Waals surface area contributed by atoms with E-state index in [1.807, 2.05) is 0 Å². The highest BCUT2D eigenvalue weighted by Crippen LogP contribution is 2.08. The first-order chi connectivity index (χ1) is 9.80. The number of carbonyl (C=O) groups excluding carboxylic acids is 3. The van der Waals surface area contributed by atoms with Gasteiger partial charge in [-0.3, -0.25) is 4.79 Å². The van der Waals surface area contributed by atoms with E-state index < -0.39 is 23.6 Å². The number of carbonyl (C=O) groups is 3. The molecule has 0 rings (SSSR count). The van der Waals surface area contributed by atoms with E-state index in [1.54, 1.807) is 13.8 Å². The molecule has 0 aliphatic rings. The van der Waals surface area contributed by atoms with Crippen molar-refractivity contribution in [2.45, 2.75) is 19.4 Å². The van der Waals surface area contributed by atoms with Gasteiger partial charge in [0.25, 0.3) is 0 Å². The number of urea groups is 1. The molecule has 2 amide bonds. The Hall–Kier alpha value is -2.09. The molecule has 120 valence electrons. The Kier molecular flexibility index (Phi) is 8.79. The van der Waals surface area contributed by atoms with Crippen molar-refractivity contribution in [2.24, 2.45) is 0 Å². The van der Waals surface area contributed by atoms with E-state index >= 15 is 0 Å². The lowest BCUT2D eigenvalue weighted by Gasteiger charge is -2.24. The topological polar surface area (TPSA) is 103 Å². The molecule has 0 aromatic rings. The van der Waals surface area contributed by atoms with Crippen LogP contribution in [0, 0.1) is 0 Å². The molecule has 0 atom stereocenters. The van der Waals surface area contributed by atoms with Crippen molar-refractivity contribution in [1.82, 2.24) is 10.6 Å². The van der Waals surface area contributed by atoms with Crippen LogP contribution in [0.15, 0.2) is 12.7 Å². The molecule has 2 N–H and O–H groups in total. The first kappa shape index (κ1) is 18.9. The summed E-state index contributed by atoms with van der Waals surface area (Å²) in [6.07, 6.45) is 1.03. The van der Waals surface area contributed by atoms with Gasteiger partial charge in [-0.1, -0.05) is 6.58 Å². The van der Waals surface area contributed by atoms with Gasteiger partial charge in [0, 0.05) is 13.2 Å². The molecule has 0 aliphatic carbocycles. The predicted molar refractivity (Wildman–Crippen MR) is 74.6 cm³/mol. The van der Waals surface area contributed by atoms with Crippen LogP contribution in [0.25, 0.3) is 0 Å². The van der Waals surface area contributed by atoms with Crippen LogP contribution in [0.3, 0.4) is 0 Å². The van der Waals surface area contributed by atoms with Crippen LogP contribution in [0.4, 0.5) is 4.79 Å². The number of ether oxygens (including phenoxy) is 3. The smallest absolute Gasteiger partial charge is 0.330 e. The summed E-state index contributed by atoms with van der Waals surface area (Å²) in [6.45, 7) is 6.74. The van der Waals surface area contributed by atoms with Gasteiger partial charge in [0.15, 0.2) is 0 Å². The van der Waals surface area contributed by atoms with Crippen LogP contribution in [0.5, 0.6) is 0 Å². The normalized spacial score (nSPS) is 10.4. The zero-order valence-electron chi connectivity index (χ0n) is 12.6. The van der Waals surface area contributed by atoms with Gasteiger partial charge in [-0.15, -0.1) is 0 Å². The Bertz CT molecular complexity index is 381. The van der Waals surface area contributed by atoms with E-state index in [-0.39, 0.29) is 26.3 Å². The summed E-state index contributed by atoms with van der Waals surface area (Å²) in [7, 11) is 1.50. The molecule has 0 aromatic heterocycles. The van der Waals surface area contributed by atoms with Crippen molar-refractivity contribution in [1.29, 1.82) is 0 Å². The molecule has 8 heteroatoms.